The molecule has 3 nitrogen and oxygen atoms in total. The smallest absolute Gasteiger partial charge is 0.251 e. The molecule has 3 heteroatoms. The lowest BCUT2D eigenvalue weighted by Crippen LogP contribution is -2.29. The predicted octanol–water partition coefficient (Wildman–Crippen LogP) is 3.63. The molecular weight excluding hydrogens is 298 g/mol. The van der Waals surface area contributed by atoms with Gasteiger partial charge in [0, 0.05) is 30.0 Å². The molecule has 1 aliphatic heterocycles. The number of hydrogen-bond donors (Lipinski definition) is 0. The number of nitrogens with zero attached hydrogens (tertiary/aromatic N) is 1. The number of likely N-dealkylation sites (tertiary alicyclic amines) is 1. The fourth-order valence-corrected chi connectivity index (χ4v) is 3.86. The van der Waals surface area contributed by atoms with E-state index in [1.807, 2.05) is 65.6 Å². The summed E-state index contributed by atoms with van der Waals surface area (Å²) < 4.78 is 0. The molecule has 1 aliphatic carbocycles. The van der Waals surface area contributed by atoms with E-state index in [-0.39, 0.29) is 23.7 Å². The van der Waals surface area contributed by atoms with Gasteiger partial charge in [0.2, 0.25) is 0 Å². The molecule has 0 bridgehead atoms. The topological polar surface area (TPSA) is 37.4 Å². The van der Waals surface area contributed by atoms with Gasteiger partial charge in [-0.3, -0.25) is 9.59 Å². The van der Waals surface area contributed by atoms with Crippen molar-refractivity contribution in [2.75, 3.05) is 6.54 Å². The Hall–Kier alpha value is -2.68. The molecule has 4 rings (SSSR count). The number of benzene rings is 2. The van der Waals surface area contributed by atoms with Crippen molar-refractivity contribution in [1.29, 1.82) is 0 Å². The first-order chi connectivity index (χ1) is 11.7. The molecule has 0 aromatic heterocycles. The van der Waals surface area contributed by atoms with Gasteiger partial charge < -0.3 is 4.90 Å². The van der Waals surface area contributed by atoms with Gasteiger partial charge in [0.05, 0.1) is 6.04 Å². The molecule has 1 heterocycles. The Morgan fingerprint density at radius 2 is 1.58 bits per heavy atom. The Balaban J connectivity index is 1.72. The number of allylic oxidation sites excluding steroid dienone is 1. The molecule has 2 aliphatic rings. The second-order valence-electron chi connectivity index (χ2n) is 6.52. The molecule has 0 spiro atoms. The van der Waals surface area contributed by atoms with Gasteiger partial charge in [-0.1, -0.05) is 60.7 Å². The van der Waals surface area contributed by atoms with Crippen LogP contribution < -0.4 is 0 Å². The molecule has 1 amide bonds. The van der Waals surface area contributed by atoms with Crippen LogP contribution in [0.4, 0.5) is 0 Å². The van der Waals surface area contributed by atoms with E-state index < -0.39 is 0 Å². The Morgan fingerprint density at radius 3 is 2.25 bits per heavy atom. The summed E-state index contributed by atoms with van der Waals surface area (Å²) in [6.07, 6.45) is 0.448. The van der Waals surface area contributed by atoms with Gasteiger partial charge in [0.1, 0.15) is 0 Å². The number of carbonyl (C=O) groups is 2. The highest BCUT2D eigenvalue weighted by Gasteiger charge is 2.46. The number of rotatable bonds is 3. The van der Waals surface area contributed by atoms with Crippen LogP contribution >= 0.6 is 0 Å². The number of ketones is 1. The van der Waals surface area contributed by atoms with Crippen LogP contribution in [0.2, 0.25) is 0 Å². The minimum absolute atomic E-state index is 0.0149. The lowest BCUT2D eigenvalue weighted by atomic mass is 10.00. The number of carbonyl (C=O) groups excluding carboxylic acids is 2. The molecule has 120 valence electrons. The SMILES string of the molecule is C[C@@H](c1ccccc1)N1CC2CC(=O)C(c3ccccc3)=C2C1=O. The van der Waals surface area contributed by atoms with E-state index in [2.05, 4.69) is 6.92 Å². The minimum atomic E-state index is 0.0149. The highest BCUT2D eigenvalue weighted by atomic mass is 16.2. The first-order valence-electron chi connectivity index (χ1n) is 8.35. The van der Waals surface area contributed by atoms with Crippen LogP contribution in [0.25, 0.3) is 5.57 Å². The Labute approximate surface area is 141 Å². The van der Waals surface area contributed by atoms with Crippen LogP contribution in [0.15, 0.2) is 66.2 Å². The van der Waals surface area contributed by atoms with E-state index in [1.165, 1.54) is 0 Å². The van der Waals surface area contributed by atoms with Crippen LogP contribution in [0, 0.1) is 5.92 Å². The Morgan fingerprint density at radius 1 is 0.958 bits per heavy atom. The molecule has 0 N–H and O–H groups in total. The summed E-state index contributed by atoms with van der Waals surface area (Å²) >= 11 is 0. The summed E-state index contributed by atoms with van der Waals surface area (Å²) in [5.74, 6) is 0.147. The number of amides is 1. The van der Waals surface area contributed by atoms with Gasteiger partial charge in [-0.2, -0.15) is 0 Å². The summed E-state index contributed by atoms with van der Waals surface area (Å²) in [5, 5.41) is 0. The first kappa shape index (κ1) is 14.9. The zero-order valence-corrected chi connectivity index (χ0v) is 13.6. The quantitative estimate of drug-likeness (QED) is 0.867. The van der Waals surface area contributed by atoms with Gasteiger partial charge in [0.15, 0.2) is 5.78 Å². The highest BCUT2D eigenvalue weighted by molar-refractivity contribution is 6.30. The fourth-order valence-electron chi connectivity index (χ4n) is 3.86. The maximum absolute atomic E-state index is 13.0. The lowest BCUT2D eigenvalue weighted by molar-refractivity contribution is -0.126. The molecule has 0 saturated carbocycles. The summed E-state index contributed by atoms with van der Waals surface area (Å²) in [6.45, 7) is 2.69. The van der Waals surface area contributed by atoms with Crippen LogP contribution in [0.1, 0.15) is 30.5 Å². The summed E-state index contributed by atoms with van der Waals surface area (Å²) in [4.78, 5) is 27.4. The van der Waals surface area contributed by atoms with Crippen molar-refractivity contribution in [2.24, 2.45) is 5.92 Å². The number of fused-ring (bicyclic) bond motifs is 1. The monoisotopic (exact) mass is 317 g/mol. The molecule has 0 radical (unpaired) electrons. The van der Waals surface area contributed by atoms with E-state index in [0.717, 1.165) is 11.1 Å². The average Bonchev–Trinajstić information content (AvgIpc) is 3.11. The fraction of sp³-hybridized carbons (Fsp3) is 0.238. The van der Waals surface area contributed by atoms with Crippen molar-refractivity contribution in [3.8, 4) is 0 Å². The van der Waals surface area contributed by atoms with E-state index in [1.54, 1.807) is 0 Å². The molecule has 1 unspecified atom stereocenters. The largest absolute Gasteiger partial charge is 0.332 e. The first-order valence-corrected chi connectivity index (χ1v) is 8.35. The Kier molecular flexibility index (Phi) is 3.57. The maximum atomic E-state index is 13.0. The van der Waals surface area contributed by atoms with Crippen LogP contribution in [0.5, 0.6) is 0 Å². The van der Waals surface area contributed by atoms with Crippen molar-refractivity contribution in [2.45, 2.75) is 19.4 Å². The number of Topliss-reactive ketones (excluding diaryl/α,β-unsaturated/α-hetero) is 1. The summed E-state index contributed by atoms with van der Waals surface area (Å²) in [6, 6.07) is 19.6. The zero-order valence-electron chi connectivity index (χ0n) is 13.6. The molecule has 2 aromatic rings. The predicted molar refractivity (Wildman–Crippen MR) is 93.0 cm³/mol. The van der Waals surface area contributed by atoms with Gasteiger partial charge in [-0.05, 0) is 18.1 Å². The second-order valence-corrected chi connectivity index (χ2v) is 6.52. The third kappa shape index (κ3) is 2.28. The van der Waals surface area contributed by atoms with Gasteiger partial charge >= 0.3 is 0 Å². The molecule has 1 fully saturated rings. The van der Waals surface area contributed by atoms with Crippen molar-refractivity contribution >= 4 is 17.3 Å². The van der Waals surface area contributed by atoms with E-state index in [9.17, 15) is 9.59 Å². The van der Waals surface area contributed by atoms with Gasteiger partial charge in [-0.25, -0.2) is 0 Å². The standard InChI is InChI=1S/C21H19NO2/c1-14(15-8-4-2-5-9-15)22-13-17-12-18(23)19(20(17)21(22)24)16-10-6-3-7-11-16/h2-11,14,17H,12-13H2,1H3/t14-,17?/m0/s1. The van der Waals surface area contributed by atoms with E-state index in [0.29, 0.717) is 24.1 Å². The van der Waals surface area contributed by atoms with Crippen LogP contribution in [-0.2, 0) is 9.59 Å². The average molecular weight is 317 g/mol. The zero-order chi connectivity index (χ0) is 16.7. The molecule has 24 heavy (non-hydrogen) atoms. The highest BCUT2D eigenvalue weighted by Crippen LogP contribution is 2.43. The molecule has 1 saturated heterocycles. The van der Waals surface area contributed by atoms with Crippen molar-refractivity contribution in [3.05, 3.63) is 77.4 Å². The third-order valence-electron chi connectivity index (χ3n) is 5.11. The third-order valence-corrected chi connectivity index (χ3v) is 5.11. The molecule has 2 aromatic carbocycles. The van der Waals surface area contributed by atoms with Crippen molar-refractivity contribution in [3.63, 3.8) is 0 Å². The second kappa shape index (κ2) is 5.75. The van der Waals surface area contributed by atoms with E-state index >= 15 is 0 Å². The van der Waals surface area contributed by atoms with Crippen LogP contribution in [0.3, 0.4) is 0 Å². The minimum Gasteiger partial charge on any atom is -0.332 e. The van der Waals surface area contributed by atoms with Gasteiger partial charge in [-0.15, -0.1) is 0 Å². The van der Waals surface area contributed by atoms with Crippen molar-refractivity contribution < 1.29 is 9.59 Å². The van der Waals surface area contributed by atoms with Crippen molar-refractivity contribution in [1.82, 2.24) is 4.90 Å². The molecule has 2 atom stereocenters. The molecular formula is C21H19NO2. The van der Waals surface area contributed by atoms with E-state index in [4.69, 9.17) is 0 Å². The maximum Gasteiger partial charge on any atom is 0.251 e. The summed E-state index contributed by atoms with van der Waals surface area (Å²) in [7, 11) is 0. The summed E-state index contributed by atoms with van der Waals surface area (Å²) in [5.41, 5.74) is 3.34. The number of hydrogen-bond acceptors (Lipinski definition) is 2. The Bertz CT molecular complexity index is 823. The lowest BCUT2D eigenvalue weighted by Gasteiger charge is -2.25. The normalized spacial score (nSPS) is 21.4. The van der Waals surface area contributed by atoms with Crippen LogP contribution in [-0.4, -0.2) is 23.1 Å². The van der Waals surface area contributed by atoms with Gasteiger partial charge in [0.25, 0.3) is 5.91 Å².